The molecule has 1 amide bonds. The molecule has 2 atom stereocenters. The van der Waals surface area contributed by atoms with Crippen molar-refractivity contribution in [1.82, 2.24) is 4.90 Å². The second-order valence-corrected chi connectivity index (χ2v) is 7.10. The molecule has 2 unspecified atom stereocenters. The lowest BCUT2D eigenvalue weighted by Gasteiger charge is -2.34. The zero-order valence-electron chi connectivity index (χ0n) is 10.00. The van der Waals surface area contributed by atoms with E-state index in [4.69, 9.17) is 11.6 Å². The predicted molar refractivity (Wildman–Crippen MR) is 81.6 cm³/mol. The van der Waals surface area contributed by atoms with Gasteiger partial charge < -0.3 is 4.90 Å². The van der Waals surface area contributed by atoms with Gasteiger partial charge in [0, 0.05) is 28.0 Å². The Balaban J connectivity index is 2.14. The molecule has 1 aromatic rings. The van der Waals surface area contributed by atoms with Gasteiger partial charge >= 0.3 is 0 Å². The van der Waals surface area contributed by atoms with Crippen LogP contribution >= 0.6 is 43.5 Å². The molecule has 98 valence electrons. The molecule has 0 aromatic heterocycles. The summed E-state index contributed by atoms with van der Waals surface area (Å²) in [7, 11) is 0. The number of carbonyl (C=O) groups is 1. The number of hydrogen-bond acceptors (Lipinski definition) is 1. The zero-order chi connectivity index (χ0) is 13.3. The maximum Gasteiger partial charge on any atom is 0.253 e. The molecule has 0 radical (unpaired) electrons. The van der Waals surface area contributed by atoms with Crippen LogP contribution in [0.1, 0.15) is 23.7 Å². The lowest BCUT2D eigenvalue weighted by Crippen LogP contribution is -2.43. The van der Waals surface area contributed by atoms with Gasteiger partial charge in [0.2, 0.25) is 0 Å². The summed E-state index contributed by atoms with van der Waals surface area (Å²) in [5.74, 6) is 0.567. The van der Waals surface area contributed by atoms with E-state index in [1.54, 1.807) is 18.2 Å². The molecule has 1 aliphatic heterocycles. The SMILES string of the molecule is CC1CN(C(=O)c2ccc(Cl)c(Br)c2)CCC1Br. The van der Waals surface area contributed by atoms with Gasteiger partial charge in [-0.25, -0.2) is 0 Å². The van der Waals surface area contributed by atoms with Crippen molar-refractivity contribution in [3.05, 3.63) is 33.3 Å². The lowest BCUT2D eigenvalue weighted by molar-refractivity contribution is 0.0690. The average molecular weight is 396 g/mol. The number of halogens is 3. The molecule has 1 fully saturated rings. The Labute approximate surface area is 129 Å². The third-order valence-corrected chi connectivity index (χ3v) is 5.83. The monoisotopic (exact) mass is 393 g/mol. The van der Waals surface area contributed by atoms with Crippen molar-refractivity contribution in [3.8, 4) is 0 Å². The van der Waals surface area contributed by atoms with Crippen molar-refractivity contribution >= 4 is 49.4 Å². The van der Waals surface area contributed by atoms with Crippen LogP contribution in [0.5, 0.6) is 0 Å². The Bertz CT molecular complexity index is 466. The topological polar surface area (TPSA) is 20.3 Å². The molecule has 0 N–H and O–H groups in total. The molecule has 0 bridgehead atoms. The fourth-order valence-electron chi connectivity index (χ4n) is 2.11. The number of carbonyl (C=O) groups excluding carboxylic acids is 1. The molecule has 2 nitrogen and oxygen atoms in total. The summed E-state index contributed by atoms with van der Waals surface area (Å²) >= 11 is 12.9. The highest BCUT2D eigenvalue weighted by atomic mass is 79.9. The van der Waals surface area contributed by atoms with Gasteiger partial charge in [-0.1, -0.05) is 34.5 Å². The van der Waals surface area contributed by atoms with E-state index in [0.29, 0.717) is 21.3 Å². The largest absolute Gasteiger partial charge is 0.338 e. The van der Waals surface area contributed by atoms with Gasteiger partial charge in [0.1, 0.15) is 0 Å². The summed E-state index contributed by atoms with van der Waals surface area (Å²) in [6.45, 7) is 3.77. The van der Waals surface area contributed by atoms with Crippen LogP contribution in [0.4, 0.5) is 0 Å². The number of hydrogen-bond donors (Lipinski definition) is 0. The van der Waals surface area contributed by atoms with Gasteiger partial charge in [-0.05, 0) is 46.5 Å². The molecule has 5 heteroatoms. The number of benzene rings is 1. The second kappa shape index (κ2) is 5.93. The Morgan fingerprint density at radius 3 is 2.83 bits per heavy atom. The number of amides is 1. The van der Waals surface area contributed by atoms with Crippen molar-refractivity contribution in [2.75, 3.05) is 13.1 Å². The Morgan fingerprint density at radius 2 is 2.22 bits per heavy atom. The molecule has 0 aliphatic carbocycles. The first-order chi connectivity index (χ1) is 8.49. The van der Waals surface area contributed by atoms with Gasteiger partial charge in [-0.3, -0.25) is 4.79 Å². The van der Waals surface area contributed by atoms with Crippen molar-refractivity contribution in [2.24, 2.45) is 5.92 Å². The number of alkyl halides is 1. The normalized spacial score (nSPS) is 24.1. The van der Waals surface area contributed by atoms with E-state index in [1.807, 2.05) is 4.90 Å². The first kappa shape index (κ1) is 14.4. The third kappa shape index (κ3) is 3.09. The number of piperidine rings is 1. The van der Waals surface area contributed by atoms with E-state index in [-0.39, 0.29) is 5.91 Å². The molecule has 1 aromatic carbocycles. The van der Waals surface area contributed by atoms with E-state index in [2.05, 4.69) is 38.8 Å². The van der Waals surface area contributed by atoms with Crippen LogP contribution in [0.2, 0.25) is 5.02 Å². The van der Waals surface area contributed by atoms with Crippen LogP contribution in [0, 0.1) is 5.92 Å². The third-order valence-electron chi connectivity index (χ3n) is 3.25. The van der Waals surface area contributed by atoms with Crippen LogP contribution in [0.3, 0.4) is 0 Å². The minimum Gasteiger partial charge on any atom is -0.338 e. The fraction of sp³-hybridized carbons (Fsp3) is 0.462. The molecule has 18 heavy (non-hydrogen) atoms. The van der Waals surface area contributed by atoms with Gasteiger partial charge in [-0.15, -0.1) is 0 Å². The quantitative estimate of drug-likeness (QED) is 0.648. The van der Waals surface area contributed by atoms with Gasteiger partial charge in [0.15, 0.2) is 0 Å². The van der Waals surface area contributed by atoms with E-state index < -0.39 is 0 Å². The van der Waals surface area contributed by atoms with Crippen molar-refractivity contribution < 1.29 is 4.79 Å². The minimum absolute atomic E-state index is 0.0821. The van der Waals surface area contributed by atoms with E-state index in [0.717, 1.165) is 24.0 Å². The van der Waals surface area contributed by atoms with E-state index >= 15 is 0 Å². The Hall–Kier alpha value is -0.0600. The minimum atomic E-state index is 0.0821. The van der Waals surface area contributed by atoms with Crippen LogP contribution < -0.4 is 0 Å². The molecule has 1 aliphatic rings. The highest BCUT2D eigenvalue weighted by Gasteiger charge is 2.27. The molecule has 1 heterocycles. The summed E-state index contributed by atoms with van der Waals surface area (Å²) < 4.78 is 0.762. The molecule has 1 saturated heterocycles. The fourth-order valence-corrected chi connectivity index (χ4v) is 2.98. The molecule has 2 rings (SSSR count). The summed E-state index contributed by atoms with van der Waals surface area (Å²) in [5.41, 5.74) is 0.687. The lowest BCUT2D eigenvalue weighted by atomic mass is 9.99. The Morgan fingerprint density at radius 1 is 1.50 bits per heavy atom. The molecule has 0 saturated carbocycles. The predicted octanol–water partition coefficient (Wildman–Crippen LogP) is 4.35. The van der Waals surface area contributed by atoms with Gasteiger partial charge in [-0.2, -0.15) is 0 Å². The highest BCUT2D eigenvalue weighted by molar-refractivity contribution is 9.10. The molecule has 0 spiro atoms. The van der Waals surface area contributed by atoms with Crippen molar-refractivity contribution in [1.29, 1.82) is 0 Å². The summed E-state index contributed by atoms with van der Waals surface area (Å²) in [6, 6.07) is 5.31. The van der Waals surface area contributed by atoms with Crippen LogP contribution in [0.15, 0.2) is 22.7 Å². The number of likely N-dealkylation sites (tertiary alicyclic amines) is 1. The number of nitrogens with zero attached hydrogens (tertiary/aromatic N) is 1. The average Bonchev–Trinajstić information content (AvgIpc) is 2.35. The number of rotatable bonds is 1. The highest BCUT2D eigenvalue weighted by Crippen LogP contribution is 2.27. The maximum atomic E-state index is 12.4. The van der Waals surface area contributed by atoms with Crippen LogP contribution in [0.25, 0.3) is 0 Å². The first-order valence-corrected chi connectivity index (χ1v) is 7.96. The first-order valence-electron chi connectivity index (χ1n) is 5.87. The smallest absolute Gasteiger partial charge is 0.253 e. The standard InChI is InChI=1S/C13H14Br2ClNO/c1-8-7-17(5-4-10(8)14)13(18)9-2-3-12(16)11(15)6-9/h2-3,6,8,10H,4-5,7H2,1H3. The second-order valence-electron chi connectivity index (χ2n) is 4.66. The van der Waals surface area contributed by atoms with Crippen molar-refractivity contribution in [2.45, 2.75) is 18.2 Å². The summed E-state index contributed by atoms with van der Waals surface area (Å²) in [6.07, 6.45) is 1.00. The van der Waals surface area contributed by atoms with Crippen molar-refractivity contribution in [3.63, 3.8) is 0 Å². The van der Waals surface area contributed by atoms with Crippen LogP contribution in [-0.4, -0.2) is 28.7 Å². The molecular weight excluding hydrogens is 381 g/mol. The zero-order valence-corrected chi connectivity index (χ0v) is 13.9. The van der Waals surface area contributed by atoms with E-state index in [1.165, 1.54) is 0 Å². The Kier molecular flexibility index (Phi) is 4.73. The van der Waals surface area contributed by atoms with Crippen LogP contribution in [-0.2, 0) is 0 Å². The molecular formula is C13H14Br2ClNO. The van der Waals surface area contributed by atoms with Gasteiger partial charge in [0.25, 0.3) is 5.91 Å². The summed E-state index contributed by atoms with van der Waals surface area (Å²) in [5, 5.41) is 0.624. The summed E-state index contributed by atoms with van der Waals surface area (Å²) in [4.78, 5) is 14.8. The van der Waals surface area contributed by atoms with E-state index in [9.17, 15) is 4.79 Å². The maximum absolute atomic E-state index is 12.4. The van der Waals surface area contributed by atoms with Gasteiger partial charge in [0.05, 0.1) is 5.02 Å².